The lowest BCUT2D eigenvalue weighted by atomic mass is 10.0. The van der Waals surface area contributed by atoms with E-state index in [4.69, 9.17) is 5.73 Å². The highest BCUT2D eigenvalue weighted by atomic mass is 14.6. The zero-order chi connectivity index (χ0) is 10.1. The quantitative estimate of drug-likeness (QED) is 0.623. The molecule has 0 radical (unpaired) electrons. The minimum absolute atomic E-state index is 0.319. The molecule has 74 valence electrons. The van der Waals surface area contributed by atoms with Crippen LogP contribution in [0.4, 0.5) is 0 Å². The molecule has 0 aliphatic heterocycles. The smallest absolute Gasteiger partial charge is 0.00106 e. The van der Waals surface area contributed by atoms with Crippen LogP contribution in [0.1, 0.15) is 26.7 Å². The molecule has 0 aliphatic rings. The Bertz CT molecular complexity index is 178. The van der Waals surface area contributed by atoms with Gasteiger partial charge in [0.15, 0.2) is 0 Å². The van der Waals surface area contributed by atoms with Crippen LogP contribution in [-0.2, 0) is 0 Å². The van der Waals surface area contributed by atoms with Gasteiger partial charge in [-0.1, -0.05) is 43.9 Å². The van der Waals surface area contributed by atoms with E-state index in [-0.39, 0.29) is 0 Å². The largest absolute Gasteiger partial charge is 0.328 e. The fraction of sp³-hybridized carbons (Fsp3) is 0.500. The Kier molecular flexibility index (Phi) is 7.32. The summed E-state index contributed by atoms with van der Waals surface area (Å²) in [4.78, 5) is 0. The van der Waals surface area contributed by atoms with Crippen molar-refractivity contribution in [2.45, 2.75) is 32.7 Å². The lowest BCUT2D eigenvalue weighted by Crippen LogP contribution is -2.15. The van der Waals surface area contributed by atoms with E-state index in [1.807, 2.05) is 19.1 Å². The highest BCUT2D eigenvalue weighted by molar-refractivity contribution is 5.09. The van der Waals surface area contributed by atoms with Gasteiger partial charge in [0.1, 0.15) is 0 Å². The van der Waals surface area contributed by atoms with Gasteiger partial charge >= 0.3 is 0 Å². The molecule has 0 heterocycles. The van der Waals surface area contributed by atoms with E-state index in [9.17, 15) is 0 Å². The number of hydrogen-bond acceptors (Lipinski definition) is 1. The standard InChI is InChI=1S/C12H21N/c1-4-5-6-7-8-11(2)9-10-12(3)13/h4-8,11-12H,1,9-10,13H2,2-3H3. The predicted molar refractivity (Wildman–Crippen MR) is 60.5 cm³/mol. The zero-order valence-electron chi connectivity index (χ0n) is 8.74. The third kappa shape index (κ3) is 9.09. The second-order valence-corrected chi connectivity index (χ2v) is 3.54. The molecular formula is C12H21N. The SMILES string of the molecule is C=CC=CC=CC(C)CCC(C)N. The van der Waals surface area contributed by atoms with Crippen molar-refractivity contribution < 1.29 is 0 Å². The summed E-state index contributed by atoms with van der Waals surface area (Å²) >= 11 is 0. The molecule has 0 spiro atoms. The van der Waals surface area contributed by atoms with E-state index in [1.54, 1.807) is 6.08 Å². The molecule has 0 amide bonds. The second kappa shape index (κ2) is 7.81. The summed E-state index contributed by atoms with van der Waals surface area (Å²) in [6, 6.07) is 0.319. The first-order valence-electron chi connectivity index (χ1n) is 4.88. The van der Waals surface area contributed by atoms with Crippen LogP contribution >= 0.6 is 0 Å². The van der Waals surface area contributed by atoms with Gasteiger partial charge < -0.3 is 5.73 Å². The number of allylic oxidation sites excluding steroid dienone is 5. The number of hydrogen-bond donors (Lipinski definition) is 1. The topological polar surface area (TPSA) is 26.0 Å². The Balaban J connectivity index is 3.60. The third-order valence-electron chi connectivity index (χ3n) is 1.88. The van der Waals surface area contributed by atoms with Crippen LogP contribution in [0.3, 0.4) is 0 Å². The first-order valence-corrected chi connectivity index (χ1v) is 4.88. The summed E-state index contributed by atoms with van der Waals surface area (Å²) in [7, 11) is 0. The van der Waals surface area contributed by atoms with E-state index in [2.05, 4.69) is 25.7 Å². The summed E-state index contributed by atoms with van der Waals surface area (Å²) in [6.45, 7) is 7.86. The maximum Gasteiger partial charge on any atom is 0.00106 e. The van der Waals surface area contributed by atoms with E-state index >= 15 is 0 Å². The Morgan fingerprint density at radius 1 is 1.15 bits per heavy atom. The van der Waals surface area contributed by atoms with Gasteiger partial charge in [-0.2, -0.15) is 0 Å². The maximum atomic E-state index is 5.67. The molecule has 0 bridgehead atoms. The van der Waals surface area contributed by atoms with Crippen LogP contribution < -0.4 is 5.73 Å². The molecule has 0 aromatic carbocycles. The van der Waals surface area contributed by atoms with Crippen molar-refractivity contribution in [2.24, 2.45) is 11.7 Å². The lowest BCUT2D eigenvalue weighted by molar-refractivity contribution is 0.550. The van der Waals surface area contributed by atoms with Crippen molar-refractivity contribution in [1.29, 1.82) is 0 Å². The van der Waals surface area contributed by atoms with Crippen molar-refractivity contribution >= 4 is 0 Å². The van der Waals surface area contributed by atoms with E-state index in [0.29, 0.717) is 12.0 Å². The number of nitrogens with two attached hydrogens (primary N) is 1. The van der Waals surface area contributed by atoms with Gasteiger partial charge in [-0.25, -0.2) is 0 Å². The predicted octanol–water partition coefficient (Wildman–Crippen LogP) is 3.05. The molecule has 1 nitrogen and oxygen atoms in total. The van der Waals surface area contributed by atoms with Crippen LogP contribution in [0.25, 0.3) is 0 Å². The first-order chi connectivity index (χ1) is 6.16. The molecule has 0 aromatic rings. The highest BCUT2D eigenvalue weighted by Crippen LogP contribution is 2.08. The minimum Gasteiger partial charge on any atom is -0.328 e. The minimum atomic E-state index is 0.319. The van der Waals surface area contributed by atoms with Gasteiger partial charge in [0.2, 0.25) is 0 Å². The summed E-state index contributed by atoms with van der Waals surface area (Å²) in [6.07, 6.45) is 12.2. The van der Waals surface area contributed by atoms with Crippen LogP contribution in [-0.4, -0.2) is 6.04 Å². The van der Waals surface area contributed by atoms with Gasteiger partial charge in [-0.15, -0.1) is 0 Å². The monoisotopic (exact) mass is 179 g/mol. The Hall–Kier alpha value is -0.820. The average Bonchev–Trinajstić information content (AvgIpc) is 2.09. The van der Waals surface area contributed by atoms with Gasteiger partial charge in [0.05, 0.1) is 0 Å². The molecule has 0 saturated heterocycles. The molecule has 2 unspecified atom stereocenters. The lowest BCUT2D eigenvalue weighted by Gasteiger charge is -2.07. The molecule has 2 atom stereocenters. The van der Waals surface area contributed by atoms with Gasteiger partial charge in [0.25, 0.3) is 0 Å². The third-order valence-corrected chi connectivity index (χ3v) is 1.88. The molecule has 13 heavy (non-hydrogen) atoms. The second-order valence-electron chi connectivity index (χ2n) is 3.54. The van der Waals surface area contributed by atoms with Crippen LogP contribution in [0, 0.1) is 5.92 Å². The average molecular weight is 179 g/mol. The maximum absolute atomic E-state index is 5.67. The van der Waals surface area contributed by atoms with Crippen molar-refractivity contribution in [2.75, 3.05) is 0 Å². The molecular weight excluding hydrogens is 158 g/mol. The first kappa shape index (κ1) is 12.2. The molecule has 0 aliphatic carbocycles. The molecule has 0 aromatic heterocycles. The summed E-state index contributed by atoms with van der Waals surface area (Å²) < 4.78 is 0. The summed E-state index contributed by atoms with van der Waals surface area (Å²) in [5, 5.41) is 0. The Morgan fingerprint density at radius 2 is 1.85 bits per heavy atom. The Morgan fingerprint density at radius 3 is 2.38 bits per heavy atom. The summed E-state index contributed by atoms with van der Waals surface area (Å²) in [5.74, 6) is 0.612. The van der Waals surface area contributed by atoms with Gasteiger partial charge in [0, 0.05) is 6.04 Å². The Labute approximate surface area is 82.0 Å². The normalized spacial score (nSPS) is 16.5. The molecule has 2 N–H and O–H groups in total. The molecule has 0 rings (SSSR count). The zero-order valence-corrected chi connectivity index (χ0v) is 8.74. The van der Waals surface area contributed by atoms with Crippen molar-refractivity contribution in [3.05, 3.63) is 37.0 Å². The van der Waals surface area contributed by atoms with Gasteiger partial charge in [-0.3, -0.25) is 0 Å². The fourth-order valence-corrected chi connectivity index (χ4v) is 1.02. The molecule has 1 heteroatoms. The van der Waals surface area contributed by atoms with E-state index in [0.717, 1.165) is 12.8 Å². The van der Waals surface area contributed by atoms with Crippen LogP contribution in [0.2, 0.25) is 0 Å². The fourth-order valence-electron chi connectivity index (χ4n) is 1.02. The molecule has 0 fully saturated rings. The summed E-state index contributed by atoms with van der Waals surface area (Å²) in [5.41, 5.74) is 5.67. The van der Waals surface area contributed by atoms with Crippen molar-refractivity contribution in [3.63, 3.8) is 0 Å². The van der Waals surface area contributed by atoms with E-state index < -0.39 is 0 Å². The van der Waals surface area contributed by atoms with E-state index in [1.165, 1.54) is 0 Å². The highest BCUT2D eigenvalue weighted by Gasteiger charge is 1.98. The van der Waals surface area contributed by atoms with Crippen LogP contribution in [0.15, 0.2) is 37.0 Å². The van der Waals surface area contributed by atoms with Gasteiger partial charge in [-0.05, 0) is 25.7 Å². The van der Waals surface area contributed by atoms with Crippen molar-refractivity contribution in [1.82, 2.24) is 0 Å². The van der Waals surface area contributed by atoms with Crippen LogP contribution in [0.5, 0.6) is 0 Å². The molecule has 0 saturated carbocycles. The van der Waals surface area contributed by atoms with Crippen molar-refractivity contribution in [3.8, 4) is 0 Å². The number of rotatable bonds is 6.